The summed E-state index contributed by atoms with van der Waals surface area (Å²) in [4.78, 5) is 31.0. The van der Waals surface area contributed by atoms with Crippen molar-refractivity contribution in [2.24, 2.45) is 13.0 Å². The van der Waals surface area contributed by atoms with Gasteiger partial charge in [-0.1, -0.05) is 0 Å². The van der Waals surface area contributed by atoms with Gasteiger partial charge in [0.05, 0.1) is 12.5 Å². The average Bonchev–Trinajstić information content (AvgIpc) is 3.35. The van der Waals surface area contributed by atoms with Gasteiger partial charge in [0.2, 0.25) is 5.91 Å². The average molecular weight is 380 g/mol. The third kappa shape index (κ3) is 3.00. The summed E-state index contributed by atoms with van der Waals surface area (Å²) in [5, 5.41) is 7.61. The Morgan fingerprint density at radius 3 is 2.93 bits per heavy atom. The highest BCUT2D eigenvalue weighted by Crippen LogP contribution is 2.26. The summed E-state index contributed by atoms with van der Waals surface area (Å²) in [6.45, 7) is 1.71. The second-order valence-electron chi connectivity index (χ2n) is 7.75. The maximum absolute atomic E-state index is 12.8. The maximum atomic E-state index is 12.8. The molecule has 0 aromatic carbocycles. The van der Waals surface area contributed by atoms with Gasteiger partial charge in [-0.2, -0.15) is 5.10 Å². The number of anilines is 1. The van der Waals surface area contributed by atoms with E-state index in [1.807, 2.05) is 17.9 Å². The molecule has 9 nitrogen and oxygen atoms in total. The van der Waals surface area contributed by atoms with Crippen LogP contribution in [0.4, 0.5) is 5.82 Å². The molecular formula is C19H24N8O. The van der Waals surface area contributed by atoms with Crippen molar-refractivity contribution in [1.29, 1.82) is 0 Å². The fraction of sp³-hybridized carbons (Fsp3) is 0.526. The summed E-state index contributed by atoms with van der Waals surface area (Å²) in [7, 11) is 1.96. The molecule has 4 heterocycles. The summed E-state index contributed by atoms with van der Waals surface area (Å²) >= 11 is 0. The fourth-order valence-electron chi connectivity index (χ4n) is 4.42. The molecule has 1 atom stereocenters. The number of H-pyrrole nitrogens is 1. The predicted octanol–water partition coefficient (Wildman–Crippen LogP) is 0.976. The minimum Gasteiger partial charge on any atom is -0.355 e. The van der Waals surface area contributed by atoms with E-state index in [4.69, 9.17) is 0 Å². The quantitative estimate of drug-likeness (QED) is 0.702. The number of nitrogens with one attached hydrogen (secondary N) is 2. The molecule has 1 amide bonds. The Morgan fingerprint density at radius 2 is 2.07 bits per heavy atom. The van der Waals surface area contributed by atoms with E-state index in [0.29, 0.717) is 5.65 Å². The largest absolute Gasteiger partial charge is 0.355 e. The number of aryl methyl sites for hydroxylation is 2. The van der Waals surface area contributed by atoms with Gasteiger partial charge in [0, 0.05) is 44.2 Å². The molecule has 1 aliphatic heterocycles. The standard InChI is InChI=1S/C19H24N8O/c1-26-15-8-12(2-3-13(15)9-24-26)19(28)25-14-4-6-27(7-5-14)18-16-17(21-10-20-16)22-11-23-18/h9-12,14H,2-8H2,1H3,(H,25,28)(H,20,21,22,23). The van der Waals surface area contributed by atoms with Crippen LogP contribution in [0, 0.1) is 5.92 Å². The second kappa shape index (κ2) is 6.88. The highest BCUT2D eigenvalue weighted by atomic mass is 16.1. The van der Waals surface area contributed by atoms with Gasteiger partial charge < -0.3 is 15.2 Å². The number of piperidine rings is 1. The molecule has 0 spiro atoms. The van der Waals surface area contributed by atoms with Crippen LogP contribution in [-0.2, 0) is 24.7 Å². The van der Waals surface area contributed by atoms with Gasteiger partial charge in [0.15, 0.2) is 11.5 Å². The third-order valence-electron chi connectivity index (χ3n) is 6.06. The van der Waals surface area contributed by atoms with Crippen LogP contribution < -0.4 is 10.2 Å². The Labute approximate surface area is 162 Å². The third-order valence-corrected chi connectivity index (χ3v) is 6.06. The van der Waals surface area contributed by atoms with Gasteiger partial charge in [0.1, 0.15) is 11.8 Å². The van der Waals surface area contributed by atoms with E-state index in [0.717, 1.165) is 56.5 Å². The number of aromatic amines is 1. The first-order valence-electron chi connectivity index (χ1n) is 9.88. The Hall–Kier alpha value is -2.97. The molecule has 28 heavy (non-hydrogen) atoms. The van der Waals surface area contributed by atoms with E-state index in [-0.39, 0.29) is 17.9 Å². The number of hydrogen-bond donors (Lipinski definition) is 2. The first-order chi connectivity index (χ1) is 13.7. The number of carbonyl (C=O) groups is 1. The minimum absolute atomic E-state index is 0.0485. The van der Waals surface area contributed by atoms with Crippen molar-refractivity contribution in [2.45, 2.75) is 38.1 Å². The lowest BCUT2D eigenvalue weighted by atomic mass is 9.87. The van der Waals surface area contributed by atoms with Crippen LogP contribution in [0.25, 0.3) is 11.2 Å². The molecule has 1 fully saturated rings. The molecule has 2 N–H and O–H groups in total. The van der Waals surface area contributed by atoms with Gasteiger partial charge in [-0.3, -0.25) is 9.48 Å². The Morgan fingerprint density at radius 1 is 1.21 bits per heavy atom. The minimum atomic E-state index is 0.0485. The summed E-state index contributed by atoms with van der Waals surface area (Å²) in [5.74, 6) is 1.12. The summed E-state index contributed by atoms with van der Waals surface area (Å²) in [5.41, 5.74) is 4.05. The van der Waals surface area contributed by atoms with E-state index in [1.165, 1.54) is 11.3 Å². The van der Waals surface area contributed by atoms with E-state index in [2.05, 4.69) is 35.3 Å². The number of nitrogens with zero attached hydrogens (tertiary/aromatic N) is 6. The lowest BCUT2D eigenvalue weighted by molar-refractivity contribution is -0.126. The number of aromatic nitrogens is 6. The van der Waals surface area contributed by atoms with Crippen LogP contribution in [0.3, 0.4) is 0 Å². The zero-order chi connectivity index (χ0) is 19.1. The zero-order valence-corrected chi connectivity index (χ0v) is 15.9. The van der Waals surface area contributed by atoms with Crippen LogP contribution in [-0.4, -0.2) is 54.8 Å². The molecule has 9 heteroatoms. The lowest BCUT2D eigenvalue weighted by Gasteiger charge is -2.34. The van der Waals surface area contributed by atoms with Crippen molar-refractivity contribution in [1.82, 2.24) is 35.0 Å². The molecule has 1 unspecified atom stereocenters. The molecule has 0 radical (unpaired) electrons. The normalized spacial score (nSPS) is 20.3. The number of imidazole rings is 1. The van der Waals surface area contributed by atoms with Gasteiger partial charge >= 0.3 is 0 Å². The van der Waals surface area contributed by atoms with Crippen molar-refractivity contribution in [3.8, 4) is 0 Å². The Bertz CT molecular complexity index is 1000. The van der Waals surface area contributed by atoms with Crippen molar-refractivity contribution >= 4 is 22.9 Å². The van der Waals surface area contributed by atoms with Gasteiger partial charge in [0.25, 0.3) is 0 Å². The highest BCUT2D eigenvalue weighted by molar-refractivity contribution is 5.83. The van der Waals surface area contributed by atoms with Crippen LogP contribution in [0.1, 0.15) is 30.5 Å². The SMILES string of the molecule is Cn1ncc2c1CC(C(=O)NC1CCN(c3ncnc4nc[nH]c34)CC1)CC2. The van der Waals surface area contributed by atoms with Gasteiger partial charge in [-0.05, 0) is 31.2 Å². The van der Waals surface area contributed by atoms with E-state index in [1.54, 1.807) is 12.7 Å². The number of fused-ring (bicyclic) bond motifs is 2. The molecule has 2 aliphatic rings. The zero-order valence-electron chi connectivity index (χ0n) is 15.9. The lowest BCUT2D eigenvalue weighted by Crippen LogP contribution is -2.47. The molecule has 0 saturated carbocycles. The van der Waals surface area contributed by atoms with Crippen molar-refractivity contribution < 1.29 is 4.79 Å². The van der Waals surface area contributed by atoms with Gasteiger partial charge in [-0.25, -0.2) is 15.0 Å². The monoisotopic (exact) mass is 380 g/mol. The Kier molecular flexibility index (Phi) is 4.22. The molecule has 1 aliphatic carbocycles. The topological polar surface area (TPSA) is 105 Å². The van der Waals surface area contributed by atoms with Crippen LogP contribution in [0.15, 0.2) is 18.9 Å². The summed E-state index contributed by atoms with van der Waals surface area (Å²) in [6.07, 6.45) is 9.59. The van der Waals surface area contributed by atoms with Crippen LogP contribution >= 0.6 is 0 Å². The molecule has 0 bridgehead atoms. The summed E-state index contributed by atoms with van der Waals surface area (Å²) < 4.78 is 1.91. The Balaban J connectivity index is 1.19. The van der Waals surface area contributed by atoms with Gasteiger partial charge in [-0.15, -0.1) is 0 Å². The van der Waals surface area contributed by atoms with Crippen molar-refractivity contribution in [3.63, 3.8) is 0 Å². The maximum Gasteiger partial charge on any atom is 0.223 e. The molecule has 3 aromatic rings. The second-order valence-corrected chi connectivity index (χ2v) is 7.75. The predicted molar refractivity (Wildman–Crippen MR) is 104 cm³/mol. The number of amides is 1. The molecule has 5 rings (SSSR count). The van der Waals surface area contributed by atoms with Crippen LogP contribution in [0.2, 0.25) is 0 Å². The summed E-state index contributed by atoms with van der Waals surface area (Å²) in [6, 6.07) is 0.218. The fourth-order valence-corrected chi connectivity index (χ4v) is 4.42. The smallest absolute Gasteiger partial charge is 0.223 e. The van der Waals surface area contributed by atoms with E-state index >= 15 is 0 Å². The first-order valence-corrected chi connectivity index (χ1v) is 9.88. The van der Waals surface area contributed by atoms with E-state index < -0.39 is 0 Å². The molecular weight excluding hydrogens is 356 g/mol. The molecule has 1 saturated heterocycles. The van der Waals surface area contributed by atoms with E-state index in [9.17, 15) is 4.79 Å². The van der Waals surface area contributed by atoms with Crippen LogP contribution in [0.5, 0.6) is 0 Å². The van der Waals surface area contributed by atoms with Crippen molar-refractivity contribution in [2.75, 3.05) is 18.0 Å². The van der Waals surface area contributed by atoms with Crippen molar-refractivity contribution in [3.05, 3.63) is 30.1 Å². The molecule has 3 aromatic heterocycles. The number of carbonyl (C=O) groups excluding carboxylic acids is 1. The molecule has 146 valence electrons. The number of hydrogen-bond acceptors (Lipinski definition) is 6. The first kappa shape index (κ1) is 17.2. The highest BCUT2D eigenvalue weighted by Gasteiger charge is 2.30. The number of rotatable bonds is 3.